The van der Waals surface area contributed by atoms with E-state index in [0.29, 0.717) is 12.4 Å². The van der Waals surface area contributed by atoms with Crippen LogP contribution in [0.15, 0.2) is 34.9 Å². The van der Waals surface area contributed by atoms with Crippen LogP contribution in [0.4, 0.5) is 4.39 Å². The number of aromatic nitrogens is 1. The number of piperidine rings is 1. The molecule has 2 aromatic rings. The minimum atomic E-state index is -0.280. The van der Waals surface area contributed by atoms with Crippen LogP contribution in [-0.4, -0.2) is 46.4 Å². The maximum atomic E-state index is 13.1. The molecule has 5 nitrogen and oxygen atoms in total. The summed E-state index contributed by atoms with van der Waals surface area (Å²) in [6.45, 7) is 3.29. The predicted octanol–water partition coefficient (Wildman–Crippen LogP) is 3.46. The molecule has 1 aromatic carbocycles. The van der Waals surface area contributed by atoms with Crippen LogP contribution >= 0.6 is 0 Å². The maximum Gasteiger partial charge on any atom is 0.239 e. The number of carbonyl (C=O) groups excluding carboxylic acids is 1. The molecular weight excluding hydrogens is 333 g/mol. The van der Waals surface area contributed by atoms with Crippen LogP contribution in [0, 0.1) is 5.82 Å². The average Bonchev–Trinajstić information content (AvgIpc) is 3.34. The van der Waals surface area contributed by atoms with E-state index in [1.807, 2.05) is 4.90 Å². The molecule has 3 heterocycles. The second-order valence-corrected chi connectivity index (χ2v) is 7.17. The Morgan fingerprint density at radius 1 is 1.12 bits per heavy atom. The molecule has 1 atom stereocenters. The summed E-state index contributed by atoms with van der Waals surface area (Å²) in [5.74, 6) is 0.473. The summed E-state index contributed by atoms with van der Waals surface area (Å²) >= 11 is 0. The van der Waals surface area contributed by atoms with Gasteiger partial charge in [0.15, 0.2) is 0 Å². The van der Waals surface area contributed by atoms with Gasteiger partial charge in [-0.3, -0.25) is 9.69 Å². The third-order valence-electron chi connectivity index (χ3n) is 5.32. The second kappa shape index (κ2) is 7.58. The molecule has 1 unspecified atom stereocenters. The Morgan fingerprint density at radius 2 is 1.85 bits per heavy atom. The zero-order chi connectivity index (χ0) is 17.9. The van der Waals surface area contributed by atoms with E-state index in [-0.39, 0.29) is 17.8 Å². The molecule has 26 heavy (non-hydrogen) atoms. The third-order valence-corrected chi connectivity index (χ3v) is 5.32. The monoisotopic (exact) mass is 357 g/mol. The lowest BCUT2D eigenvalue weighted by molar-refractivity contribution is -0.137. The van der Waals surface area contributed by atoms with E-state index in [0.717, 1.165) is 63.0 Å². The van der Waals surface area contributed by atoms with Crippen molar-refractivity contribution in [2.45, 2.75) is 44.7 Å². The lowest BCUT2D eigenvalue weighted by Gasteiger charge is -2.36. The Balaban J connectivity index is 1.46. The van der Waals surface area contributed by atoms with Gasteiger partial charge in [-0.25, -0.2) is 9.37 Å². The SMILES string of the molecule is O=C(C1CCCCN1Cc1coc(-c2ccc(F)cc2)n1)N1CCCC1. The summed E-state index contributed by atoms with van der Waals surface area (Å²) in [5, 5.41) is 0. The summed E-state index contributed by atoms with van der Waals surface area (Å²) in [6, 6.07) is 6.06. The van der Waals surface area contributed by atoms with Crippen LogP contribution < -0.4 is 0 Å². The zero-order valence-corrected chi connectivity index (χ0v) is 14.9. The fourth-order valence-corrected chi connectivity index (χ4v) is 3.92. The van der Waals surface area contributed by atoms with Crippen molar-refractivity contribution < 1.29 is 13.6 Å². The van der Waals surface area contributed by atoms with Gasteiger partial charge in [0.05, 0.1) is 11.7 Å². The van der Waals surface area contributed by atoms with E-state index in [4.69, 9.17) is 4.42 Å². The highest BCUT2D eigenvalue weighted by Gasteiger charge is 2.33. The summed E-state index contributed by atoms with van der Waals surface area (Å²) in [5.41, 5.74) is 1.56. The van der Waals surface area contributed by atoms with E-state index in [2.05, 4.69) is 9.88 Å². The molecular formula is C20H24FN3O2. The zero-order valence-electron chi connectivity index (χ0n) is 14.9. The second-order valence-electron chi connectivity index (χ2n) is 7.17. The van der Waals surface area contributed by atoms with Gasteiger partial charge in [-0.05, 0) is 56.5 Å². The molecule has 2 aliphatic heterocycles. The number of rotatable bonds is 4. The first-order valence-corrected chi connectivity index (χ1v) is 9.44. The summed E-state index contributed by atoms with van der Waals surface area (Å²) in [7, 11) is 0. The lowest BCUT2D eigenvalue weighted by Crippen LogP contribution is -2.49. The van der Waals surface area contributed by atoms with Crippen molar-refractivity contribution in [3.05, 3.63) is 42.0 Å². The normalized spacial score (nSPS) is 21.3. The van der Waals surface area contributed by atoms with E-state index < -0.39 is 0 Å². The Morgan fingerprint density at radius 3 is 2.62 bits per heavy atom. The van der Waals surface area contributed by atoms with E-state index in [1.165, 1.54) is 12.1 Å². The summed E-state index contributed by atoms with van der Waals surface area (Å²) < 4.78 is 18.6. The molecule has 2 fully saturated rings. The van der Waals surface area contributed by atoms with Crippen molar-refractivity contribution in [3.8, 4) is 11.5 Å². The number of amides is 1. The maximum absolute atomic E-state index is 13.1. The summed E-state index contributed by atoms with van der Waals surface area (Å²) in [6.07, 6.45) is 6.99. The number of nitrogens with zero attached hydrogens (tertiary/aromatic N) is 3. The van der Waals surface area contributed by atoms with Crippen molar-refractivity contribution in [2.24, 2.45) is 0 Å². The minimum Gasteiger partial charge on any atom is -0.444 e. The van der Waals surface area contributed by atoms with Gasteiger partial charge in [0.25, 0.3) is 0 Å². The van der Waals surface area contributed by atoms with E-state index in [9.17, 15) is 9.18 Å². The van der Waals surface area contributed by atoms with Crippen LogP contribution in [0.5, 0.6) is 0 Å². The number of benzene rings is 1. The fourth-order valence-electron chi connectivity index (χ4n) is 3.92. The predicted molar refractivity (Wildman–Crippen MR) is 95.8 cm³/mol. The Kier molecular flexibility index (Phi) is 5.02. The quantitative estimate of drug-likeness (QED) is 0.841. The number of carbonyl (C=O) groups is 1. The molecule has 0 saturated carbocycles. The Hall–Kier alpha value is -2.21. The largest absolute Gasteiger partial charge is 0.444 e. The number of halogens is 1. The first kappa shape index (κ1) is 17.2. The van der Waals surface area contributed by atoms with Gasteiger partial charge in [-0.15, -0.1) is 0 Å². The van der Waals surface area contributed by atoms with Gasteiger partial charge >= 0.3 is 0 Å². The summed E-state index contributed by atoms with van der Waals surface area (Å²) in [4.78, 5) is 21.6. The van der Waals surface area contributed by atoms with Crippen LogP contribution in [-0.2, 0) is 11.3 Å². The highest BCUT2D eigenvalue weighted by molar-refractivity contribution is 5.82. The molecule has 0 bridgehead atoms. The molecule has 2 aliphatic rings. The standard InChI is InChI=1S/C20H24FN3O2/c21-16-8-6-15(7-9-16)19-22-17(14-26-19)13-24-12-2-1-5-18(24)20(25)23-10-3-4-11-23/h6-9,14,18H,1-5,10-13H2. The molecule has 138 valence electrons. The van der Waals surface area contributed by atoms with Gasteiger partial charge in [0.2, 0.25) is 11.8 Å². The van der Waals surface area contributed by atoms with Gasteiger partial charge < -0.3 is 9.32 Å². The Bertz CT molecular complexity index is 753. The number of oxazole rings is 1. The fraction of sp³-hybridized carbons (Fsp3) is 0.500. The van der Waals surface area contributed by atoms with Crippen molar-refractivity contribution in [3.63, 3.8) is 0 Å². The van der Waals surface area contributed by atoms with Crippen molar-refractivity contribution >= 4 is 5.91 Å². The highest BCUT2D eigenvalue weighted by Crippen LogP contribution is 2.24. The van der Waals surface area contributed by atoms with Gasteiger partial charge in [-0.2, -0.15) is 0 Å². The minimum absolute atomic E-state index is 0.0483. The smallest absolute Gasteiger partial charge is 0.239 e. The molecule has 0 N–H and O–H groups in total. The first-order chi connectivity index (χ1) is 12.7. The van der Waals surface area contributed by atoms with Crippen molar-refractivity contribution in [2.75, 3.05) is 19.6 Å². The lowest BCUT2D eigenvalue weighted by atomic mass is 10.0. The molecule has 1 amide bonds. The van der Waals surface area contributed by atoms with Crippen LogP contribution in [0.2, 0.25) is 0 Å². The van der Waals surface area contributed by atoms with Crippen LogP contribution in [0.1, 0.15) is 37.8 Å². The van der Waals surface area contributed by atoms with Crippen molar-refractivity contribution in [1.29, 1.82) is 0 Å². The van der Waals surface area contributed by atoms with E-state index in [1.54, 1.807) is 18.4 Å². The average molecular weight is 357 g/mol. The molecule has 1 aromatic heterocycles. The van der Waals surface area contributed by atoms with Crippen LogP contribution in [0.25, 0.3) is 11.5 Å². The first-order valence-electron chi connectivity index (χ1n) is 9.44. The topological polar surface area (TPSA) is 49.6 Å². The highest BCUT2D eigenvalue weighted by atomic mass is 19.1. The molecule has 2 saturated heterocycles. The van der Waals surface area contributed by atoms with Gasteiger partial charge in [0, 0.05) is 25.2 Å². The number of hydrogen-bond donors (Lipinski definition) is 0. The molecule has 0 spiro atoms. The van der Waals surface area contributed by atoms with Gasteiger partial charge in [0.1, 0.15) is 12.1 Å². The molecule has 4 rings (SSSR count). The number of hydrogen-bond acceptors (Lipinski definition) is 4. The van der Waals surface area contributed by atoms with Gasteiger partial charge in [-0.1, -0.05) is 6.42 Å². The van der Waals surface area contributed by atoms with Crippen LogP contribution in [0.3, 0.4) is 0 Å². The molecule has 6 heteroatoms. The Labute approximate surface area is 152 Å². The number of likely N-dealkylation sites (tertiary alicyclic amines) is 2. The molecule has 0 aliphatic carbocycles. The van der Waals surface area contributed by atoms with E-state index >= 15 is 0 Å². The third kappa shape index (κ3) is 3.65. The van der Waals surface area contributed by atoms with Crippen molar-refractivity contribution in [1.82, 2.24) is 14.8 Å². The molecule has 0 radical (unpaired) electrons.